The fraction of sp³-hybridized carbons (Fsp3) is 0.400. The van der Waals surface area contributed by atoms with Gasteiger partial charge in [0, 0.05) is 0 Å². The molecular formula is C5H6N2Se3-2. The molecule has 0 amide bonds. The molecule has 0 atom stereocenters. The Morgan fingerprint density at radius 1 is 1.10 bits per heavy atom. The van der Waals surface area contributed by atoms with Gasteiger partial charge in [-0.2, -0.15) is 0 Å². The van der Waals surface area contributed by atoms with Crippen LogP contribution in [-0.2, 0) is 14.1 Å². The summed E-state index contributed by atoms with van der Waals surface area (Å²) >= 11 is 8.97. The fourth-order valence-corrected chi connectivity index (χ4v) is 2.59. The van der Waals surface area contributed by atoms with Gasteiger partial charge in [0.1, 0.15) is 0 Å². The van der Waals surface area contributed by atoms with Crippen LogP contribution in [-0.4, -0.2) is 56.7 Å². The van der Waals surface area contributed by atoms with E-state index in [-0.39, 0.29) is 0 Å². The van der Waals surface area contributed by atoms with Gasteiger partial charge in [-0.3, -0.25) is 0 Å². The zero-order valence-corrected chi connectivity index (χ0v) is 10.8. The monoisotopic (exact) mass is 334 g/mol. The number of aromatic nitrogens is 2. The summed E-state index contributed by atoms with van der Waals surface area (Å²) in [6, 6.07) is 0. The van der Waals surface area contributed by atoms with Crippen LogP contribution in [0, 0.1) is 4.32 Å². The number of imidazole rings is 1. The van der Waals surface area contributed by atoms with Crippen LogP contribution in [0.2, 0.25) is 0 Å². The molecule has 0 unspecified atom stereocenters. The second-order valence-electron chi connectivity index (χ2n) is 2.01. The van der Waals surface area contributed by atoms with Gasteiger partial charge < -0.3 is 0 Å². The Morgan fingerprint density at radius 2 is 1.40 bits per heavy atom. The summed E-state index contributed by atoms with van der Waals surface area (Å²) in [5.41, 5.74) is 0. The van der Waals surface area contributed by atoms with Crippen molar-refractivity contribution in [2.45, 2.75) is 0 Å². The molecule has 0 fully saturated rings. The van der Waals surface area contributed by atoms with E-state index < -0.39 is 0 Å². The predicted octanol–water partition coefficient (Wildman–Crippen LogP) is -2.35. The van der Waals surface area contributed by atoms with Crippen LogP contribution in [0.15, 0.2) is 0 Å². The van der Waals surface area contributed by atoms with E-state index in [9.17, 15) is 0 Å². The van der Waals surface area contributed by atoms with Crippen LogP contribution >= 0.6 is 0 Å². The molecule has 0 aliphatic carbocycles. The first-order valence-corrected chi connectivity index (χ1v) is 5.22. The van der Waals surface area contributed by atoms with E-state index in [2.05, 4.69) is 56.7 Å². The molecule has 1 rings (SSSR count). The third-order valence-electron chi connectivity index (χ3n) is 1.37. The van der Waals surface area contributed by atoms with Crippen LogP contribution in [0.5, 0.6) is 0 Å². The predicted molar refractivity (Wildman–Crippen MR) is 44.2 cm³/mol. The molecule has 1 aromatic rings. The Balaban J connectivity index is 3.60. The molecule has 0 radical (unpaired) electrons. The van der Waals surface area contributed by atoms with Crippen LogP contribution in [0.3, 0.4) is 0 Å². The van der Waals surface area contributed by atoms with Crippen LogP contribution in [0.25, 0.3) is 0 Å². The molecule has 2 nitrogen and oxygen atoms in total. The summed E-state index contributed by atoms with van der Waals surface area (Å²) in [6.07, 6.45) is 0. The third kappa shape index (κ3) is 1.23. The van der Waals surface area contributed by atoms with Crippen molar-refractivity contribution in [3.63, 3.8) is 0 Å². The second kappa shape index (κ2) is 3.02. The van der Waals surface area contributed by atoms with E-state index in [0.717, 1.165) is 13.5 Å². The van der Waals surface area contributed by atoms with Crippen molar-refractivity contribution in [2.75, 3.05) is 0 Å². The first kappa shape index (κ1) is 8.86. The molecule has 0 saturated heterocycles. The molecule has 0 aromatic carbocycles. The standard InChI is InChI=1S/C5H8N2Se3/c1-6-3(8)4(9)7(2)5(6)10/h8-9H,1-2H3/p-2. The number of nitrogens with zero attached hydrogens (tertiary/aromatic N) is 2. The Bertz CT molecular complexity index is 281. The quantitative estimate of drug-likeness (QED) is 0.472. The zero-order valence-electron chi connectivity index (χ0n) is 5.62. The van der Waals surface area contributed by atoms with Gasteiger partial charge in [-0.15, -0.1) is 0 Å². The molecule has 1 aromatic heterocycles. The Hall–Kier alpha value is 0.768. The molecular weight excluding hydrogens is 325 g/mol. The van der Waals surface area contributed by atoms with Crippen molar-refractivity contribution < 1.29 is 0 Å². The van der Waals surface area contributed by atoms with Gasteiger partial charge in [0.2, 0.25) is 0 Å². The number of hydrogen-bond donors (Lipinski definition) is 0. The van der Waals surface area contributed by atoms with Crippen LogP contribution in [0.1, 0.15) is 0 Å². The maximum atomic E-state index is 2.99. The molecule has 56 valence electrons. The van der Waals surface area contributed by atoms with Crippen molar-refractivity contribution in [3.8, 4) is 0 Å². The fourth-order valence-electron chi connectivity index (χ4n) is 0.686. The van der Waals surface area contributed by atoms with E-state index in [0.29, 0.717) is 0 Å². The van der Waals surface area contributed by atoms with Gasteiger partial charge in [-0.25, -0.2) is 0 Å². The maximum absolute atomic E-state index is 2.99. The molecule has 0 saturated carbocycles. The van der Waals surface area contributed by atoms with E-state index in [1.807, 2.05) is 14.1 Å². The topological polar surface area (TPSA) is 9.86 Å². The zero-order chi connectivity index (χ0) is 7.89. The first-order valence-electron chi connectivity index (χ1n) is 2.65. The Labute approximate surface area is 84.0 Å². The van der Waals surface area contributed by atoms with Crippen molar-refractivity contribution in [2.24, 2.45) is 14.1 Å². The first-order chi connectivity index (χ1) is 4.55. The molecule has 0 aliphatic heterocycles. The van der Waals surface area contributed by atoms with E-state index in [1.165, 1.54) is 0 Å². The van der Waals surface area contributed by atoms with Crippen molar-refractivity contribution >= 4 is 56.8 Å². The van der Waals surface area contributed by atoms with Gasteiger partial charge in [0.15, 0.2) is 0 Å². The SMILES string of the molecule is Cn1c([Se-])c([Se-])n(C)c1=[Se]. The number of hydrogen-bond acceptors (Lipinski definition) is 0. The number of rotatable bonds is 0. The van der Waals surface area contributed by atoms with Crippen molar-refractivity contribution in [1.82, 2.24) is 9.13 Å². The minimum atomic E-state index is 1.11. The molecule has 0 N–H and O–H groups in total. The Kier molecular flexibility index (Phi) is 2.68. The molecule has 0 aliphatic rings. The van der Waals surface area contributed by atoms with Crippen molar-refractivity contribution in [3.05, 3.63) is 4.32 Å². The molecule has 10 heavy (non-hydrogen) atoms. The molecule has 0 bridgehead atoms. The molecule has 5 heteroatoms. The van der Waals surface area contributed by atoms with Gasteiger partial charge in [-0.1, -0.05) is 0 Å². The third-order valence-corrected chi connectivity index (χ3v) is 5.13. The molecule has 0 spiro atoms. The summed E-state index contributed by atoms with van der Waals surface area (Å²) in [7, 11) is 4.02. The summed E-state index contributed by atoms with van der Waals surface area (Å²) in [5.74, 6) is 0. The van der Waals surface area contributed by atoms with Gasteiger partial charge in [0.25, 0.3) is 0 Å². The summed E-state index contributed by atoms with van der Waals surface area (Å²) < 4.78 is 7.51. The normalized spacial score (nSPS) is 10.2. The van der Waals surface area contributed by atoms with Crippen molar-refractivity contribution in [1.29, 1.82) is 0 Å². The summed E-state index contributed by atoms with van der Waals surface area (Å²) in [6.45, 7) is 0. The summed E-state index contributed by atoms with van der Waals surface area (Å²) in [4.78, 5) is 0. The summed E-state index contributed by atoms with van der Waals surface area (Å²) in [5, 5.41) is 0. The van der Waals surface area contributed by atoms with E-state index in [4.69, 9.17) is 0 Å². The van der Waals surface area contributed by atoms with E-state index in [1.54, 1.807) is 0 Å². The van der Waals surface area contributed by atoms with Gasteiger partial charge in [-0.05, 0) is 0 Å². The van der Waals surface area contributed by atoms with Crippen LogP contribution < -0.4 is 9.18 Å². The average molecular weight is 331 g/mol. The van der Waals surface area contributed by atoms with Gasteiger partial charge in [0.05, 0.1) is 0 Å². The average Bonchev–Trinajstić information content (AvgIpc) is 2.07. The van der Waals surface area contributed by atoms with E-state index >= 15 is 0 Å². The minimum absolute atomic E-state index is 1.11. The second-order valence-corrected chi connectivity index (χ2v) is 4.40. The van der Waals surface area contributed by atoms with Crippen LogP contribution in [0.4, 0.5) is 0 Å². The molecule has 1 heterocycles. The van der Waals surface area contributed by atoms with Gasteiger partial charge >= 0.3 is 84.3 Å². The Morgan fingerprint density at radius 3 is 1.50 bits per heavy atom.